The Morgan fingerprint density at radius 2 is 1.72 bits per heavy atom. The second-order valence-electron chi connectivity index (χ2n) is 5.23. The van der Waals surface area contributed by atoms with Crippen molar-refractivity contribution in [2.24, 2.45) is 0 Å². The summed E-state index contributed by atoms with van der Waals surface area (Å²) in [6.07, 6.45) is -0.845. The van der Waals surface area contributed by atoms with Gasteiger partial charge in [-0.15, -0.1) is 0 Å². The molecular weight excluding hydrogens is 262 g/mol. The highest BCUT2D eigenvalue weighted by atomic mass is 32.2. The molecule has 7 nitrogen and oxygen atoms in total. The molecule has 0 atom stereocenters. The van der Waals surface area contributed by atoms with E-state index in [1.54, 1.807) is 20.8 Å². The Balaban J connectivity index is 2.77. The lowest BCUT2D eigenvalue weighted by molar-refractivity contribution is -0.147. The third-order valence-electron chi connectivity index (χ3n) is 2.25. The van der Waals surface area contributed by atoms with E-state index in [0.717, 1.165) is 7.11 Å². The van der Waals surface area contributed by atoms with Crippen LogP contribution in [0.3, 0.4) is 0 Å². The minimum absolute atomic E-state index is 0.466. The largest absolute Gasteiger partial charge is 0.467 e. The van der Waals surface area contributed by atoms with E-state index in [0.29, 0.717) is 0 Å². The van der Waals surface area contributed by atoms with Crippen LogP contribution in [0.2, 0.25) is 0 Å². The number of carbonyl (C=O) groups is 2. The van der Waals surface area contributed by atoms with E-state index in [1.165, 1.54) is 0 Å². The molecule has 0 radical (unpaired) electrons. The van der Waals surface area contributed by atoms with Crippen LogP contribution in [0.4, 0.5) is 4.79 Å². The highest BCUT2D eigenvalue weighted by Crippen LogP contribution is 2.25. The van der Waals surface area contributed by atoms with Crippen LogP contribution in [0.5, 0.6) is 0 Å². The number of alkyl carbamates (subject to hydrolysis) is 1. The third-order valence-corrected chi connectivity index (χ3v) is 4.11. The molecule has 18 heavy (non-hydrogen) atoms. The molecule has 1 aliphatic rings. The fraction of sp³-hybridized carbons (Fsp3) is 0.800. The number of ether oxygens (including phenoxy) is 2. The zero-order valence-electron chi connectivity index (χ0n) is 10.8. The molecule has 1 N–H and O–H groups in total. The number of sulfone groups is 1. The molecule has 0 aromatic heterocycles. The first-order valence-electron chi connectivity index (χ1n) is 5.30. The molecule has 1 amide bonds. The van der Waals surface area contributed by atoms with E-state index >= 15 is 0 Å². The molecule has 8 heteroatoms. The van der Waals surface area contributed by atoms with Crippen molar-refractivity contribution in [3.8, 4) is 0 Å². The van der Waals surface area contributed by atoms with Gasteiger partial charge in [-0.2, -0.15) is 0 Å². The summed E-state index contributed by atoms with van der Waals surface area (Å²) in [5.74, 6) is -1.72. The summed E-state index contributed by atoms with van der Waals surface area (Å²) in [7, 11) is -2.17. The first-order valence-corrected chi connectivity index (χ1v) is 7.12. The van der Waals surface area contributed by atoms with Crippen LogP contribution in [-0.4, -0.2) is 50.2 Å². The van der Waals surface area contributed by atoms with Gasteiger partial charge in [-0.05, 0) is 20.8 Å². The van der Waals surface area contributed by atoms with Crippen molar-refractivity contribution in [3.05, 3.63) is 0 Å². The van der Waals surface area contributed by atoms with Gasteiger partial charge in [-0.1, -0.05) is 0 Å². The van der Waals surface area contributed by atoms with Gasteiger partial charge in [0.1, 0.15) is 5.60 Å². The highest BCUT2D eigenvalue weighted by Gasteiger charge is 2.57. The van der Waals surface area contributed by atoms with E-state index in [4.69, 9.17) is 4.74 Å². The predicted octanol–water partition coefficient (Wildman–Crippen LogP) is -0.149. The van der Waals surface area contributed by atoms with Crippen molar-refractivity contribution in [3.63, 3.8) is 0 Å². The zero-order valence-corrected chi connectivity index (χ0v) is 11.6. The van der Waals surface area contributed by atoms with Gasteiger partial charge in [0.25, 0.3) is 0 Å². The van der Waals surface area contributed by atoms with E-state index in [1.807, 2.05) is 0 Å². The fourth-order valence-corrected chi connectivity index (χ4v) is 3.44. The minimum Gasteiger partial charge on any atom is -0.467 e. The summed E-state index contributed by atoms with van der Waals surface area (Å²) in [6.45, 7) is 4.98. The lowest BCUT2D eigenvalue weighted by atomic mass is 10.1. The Labute approximate surface area is 106 Å². The minimum atomic E-state index is -3.30. The number of carbonyl (C=O) groups excluding carboxylic acids is 2. The molecule has 0 aliphatic carbocycles. The monoisotopic (exact) mass is 279 g/mol. The van der Waals surface area contributed by atoms with Gasteiger partial charge in [0, 0.05) is 0 Å². The van der Waals surface area contributed by atoms with Crippen molar-refractivity contribution in [2.45, 2.75) is 31.9 Å². The molecule has 0 unspecified atom stereocenters. The summed E-state index contributed by atoms with van der Waals surface area (Å²) < 4.78 is 31.9. The summed E-state index contributed by atoms with van der Waals surface area (Å²) in [5.41, 5.74) is -2.25. The summed E-state index contributed by atoms with van der Waals surface area (Å²) >= 11 is 0. The molecule has 0 saturated carbocycles. The van der Waals surface area contributed by atoms with Crippen LogP contribution in [0.1, 0.15) is 20.8 Å². The Morgan fingerprint density at radius 1 is 1.22 bits per heavy atom. The van der Waals surface area contributed by atoms with Gasteiger partial charge in [-0.3, -0.25) is 0 Å². The maximum absolute atomic E-state index is 11.6. The molecule has 1 saturated heterocycles. The van der Waals surface area contributed by atoms with Crippen LogP contribution in [0.25, 0.3) is 0 Å². The Kier molecular flexibility index (Phi) is 3.62. The van der Waals surface area contributed by atoms with Crippen LogP contribution in [0.15, 0.2) is 0 Å². The molecule has 104 valence electrons. The number of nitrogens with one attached hydrogen (secondary N) is 1. The third kappa shape index (κ3) is 3.34. The van der Waals surface area contributed by atoms with Crippen molar-refractivity contribution >= 4 is 21.9 Å². The number of amides is 1. The number of hydrogen-bond acceptors (Lipinski definition) is 6. The molecular formula is C10H17NO6S. The Hall–Kier alpha value is -1.31. The topological polar surface area (TPSA) is 98.8 Å². The predicted molar refractivity (Wildman–Crippen MR) is 62.8 cm³/mol. The summed E-state index contributed by atoms with van der Waals surface area (Å²) in [5, 5.41) is 2.28. The van der Waals surface area contributed by atoms with E-state index in [2.05, 4.69) is 10.1 Å². The first-order chi connectivity index (χ1) is 8.00. The van der Waals surface area contributed by atoms with E-state index < -0.39 is 44.5 Å². The van der Waals surface area contributed by atoms with Gasteiger partial charge in [0.15, 0.2) is 15.4 Å². The lowest BCUT2D eigenvalue weighted by Crippen LogP contribution is -2.70. The van der Waals surface area contributed by atoms with Gasteiger partial charge < -0.3 is 14.8 Å². The van der Waals surface area contributed by atoms with E-state index in [9.17, 15) is 18.0 Å². The molecule has 0 aromatic carbocycles. The average molecular weight is 279 g/mol. The standard InChI is InChI=1S/C10H17NO6S/c1-9(2,3)17-8(13)11-10(7(12)16-4)5-18(14,15)6-10/h5-6H2,1-4H3,(H,11,13). The van der Waals surface area contributed by atoms with E-state index in [-0.39, 0.29) is 0 Å². The zero-order chi connectivity index (χ0) is 14.2. The van der Waals surface area contributed by atoms with Gasteiger partial charge >= 0.3 is 12.1 Å². The summed E-state index contributed by atoms with van der Waals surface area (Å²) in [6, 6.07) is 0. The number of esters is 1. The highest BCUT2D eigenvalue weighted by molar-refractivity contribution is 7.93. The average Bonchev–Trinajstić information content (AvgIpc) is 2.09. The molecule has 1 fully saturated rings. The number of methoxy groups -OCH3 is 1. The molecule has 1 rings (SSSR count). The second-order valence-corrected chi connectivity index (χ2v) is 7.30. The quantitative estimate of drug-likeness (QED) is 0.706. The maximum Gasteiger partial charge on any atom is 0.408 e. The number of rotatable bonds is 2. The molecule has 1 aliphatic heterocycles. The Bertz CT molecular complexity index is 449. The van der Waals surface area contributed by atoms with Crippen LogP contribution < -0.4 is 5.32 Å². The molecule has 1 heterocycles. The van der Waals surface area contributed by atoms with Crippen LogP contribution in [-0.2, 0) is 24.1 Å². The second kappa shape index (κ2) is 4.42. The molecule has 0 spiro atoms. The van der Waals surface area contributed by atoms with Crippen molar-refractivity contribution in [1.82, 2.24) is 5.32 Å². The van der Waals surface area contributed by atoms with Crippen molar-refractivity contribution in [1.29, 1.82) is 0 Å². The first kappa shape index (κ1) is 14.7. The Morgan fingerprint density at radius 3 is 2.06 bits per heavy atom. The smallest absolute Gasteiger partial charge is 0.408 e. The van der Waals surface area contributed by atoms with Crippen molar-refractivity contribution in [2.75, 3.05) is 18.6 Å². The lowest BCUT2D eigenvalue weighted by Gasteiger charge is -2.38. The molecule has 0 bridgehead atoms. The van der Waals surface area contributed by atoms with Gasteiger partial charge in [-0.25, -0.2) is 18.0 Å². The van der Waals surface area contributed by atoms with Crippen molar-refractivity contribution < 1.29 is 27.5 Å². The summed E-state index contributed by atoms with van der Waals surface area (Å²) in [4.78, 5) is 23.1. The van der Waals surface area contributed by atoms with Crippen LogP contribution >= 0.6 is 0 Å². The van der Waals surface area contributed by atoms with Gasteiger partial charge in [0.2, 0.25) is 0 Å². The maximum atomic E-state index is 11.6. The normalized spacial score (nSPS) is 20.4. The van der Waals surface area contributed by atoms with Gasteiger partial charge in [0.05, 0.1) is 18.6 Å². The number of hydrogen-bond donors (Lipinski definition) is 1. The van der Waals surface area contributed by atoms with Crippen LogP contribution in [0, 0.1) is 0 Å². The fourth-order valence-electron chi connectivity index (χ4n) is 1.64. The SMILES string of the molecule is COC(=O)C1(NC(=O)OC(C)(C)C)CS(=O)(=O)C1. The molecule has 0 aromatic rings.